The monoisotopic (exact) mass is 267 g/mol. The molecule has 3 N–H and O–H groups in total. The van der Waals surface area contributed by atoms with Gasteiger partial charge in [-0.05, 0) is 12.3 Å². The first-order valence-corrected chi connectivity index (χ1v) is 5.95. The number of carboxylic acids is 1. The minimum Gasteiger partial charge on any atom is -0.481 e. The molecule has 0 unspecified atom stereocenters. The quantitative estimate of drug-likeness (QED) is 0.690. The molecule has 104 valence electrons. The van der Waals surface area contributed by atoms with Crippen LogP contribution in [-0.4, -0.2) is 33.0 Å². The fourth-order valence-corrected chi connectivity index (χ4v) is 1.73. The Morgan fingerprint density at radius 2 is 2.11 bits per heavy atom. The van der Waals surface area contributed by atoms with Crippen molar-refractivity contribution in [2.45, 2.75) is 32.7 Å². The van der Waals surface area contributed by atoms with Crippen LogP contribution in [0, 0.1) is 5.92 Å². The molecule has 7 nitrogen and oxygen atoms in total. The number of hydrogen-bond donors (Lipinski definition) is 3. The van der Waals surface area contributed by atoms with Gasteiger partial charge in [-0.1, -0.05) is 13.8 Å². The van der Waals surface area contributed by atoms with Crippen LogP contribution in [0.1, 0.15) is 37.2 Å². The van der Waals surface area contributed by atoms with Crippen LogP contribution in [0.3, 0.4) is 0 Å². The number of carbonyl (C=O) groups excluding carboxylic acids is 1. The van der Waals surface area contributed by atoms with Gasteiger partial charge in [0.25, 0.3) is 11.5 Å². The molecule has 0 spiro atoms. The van der Waals surface area contributed by atoms with Gasteiger partial charge in [-0.2, -0.15) is 0 Å². The maximum absolute atomic E-state index is 11.9. The van der Waals surface area contributed by atoms with Crippen LogP contribution in [0.15, 0.2) is 17.2 Å². The van der Waals surface area contributed by atoms with Gasteiger partial charge >= 0.3 is 5.97 Å². The third-order valence-electron chi connectivity index (χ3n) is 2.41. The van der Waals surface area contributed by atoms with Gasteiger partial charge in [0, 0.05) is 6.04 Å². The zero-order valence-corrected chi connectivity index (χ0v) is 10.8. The fraction of sp³-hybridized carbons (Fsp3) is 0.500. The summed E-state index contributed by atoms with van der Waals surface area (Å²) >= 11 is 0. The maximum atomic E-state index is 11.9. The van der Waals surface area contributed by atoms with Crippen molar-refractivity contribution in [3.63, 3.8) is 0 Å². The first-order valence-electron chi connectivity index (χ1n) is 5.95. The molecule has 0 aliphatic rings. The molecule has 0 saturated heterocycles. The van der Waals surface area contributed by atoms with E-state index in [1.54, 1.807) is 0 Å². The van der Waals surface area contributed by atoms with Crippen LogP contribution in [0.4, 0.5) is 0 Å². The topological polar surface area (TPSA) is 112 Å². The van der Waals surface area contributed by atoms with Crippen molar-refractivity contribution in [3.8, 4) is 0 Å². The predicted octanol–water partition coefficient (Wildman–Crippen LogP) is 0.389. The third kappa shape index (κ3) is 5.33. The van der Waals surface area contributed by atoms with Crippen LogP contribution >= 0.6 is 0 Å². The molecule has 1 amide bonds. The number of amides is 1. The fourth-order valence-electron chi connectivity index (χ4n) is 1.73. The zero-order chi connectivity index (χ0) is 14.4. The number of carboxylic acid groups (broad SMARTS) is 1. The number of H-pyrrole nitrogens is 1. The van der Waals surface area contributed by atoms with Crippen LogP contribution < -0.4 is 10.9 Å². The molecule has 0 radical (unpaired) electrons. The van der Waals surface area contributed by atoms with Gasteiger partial charge < -0.3 is 15.4 Å². The zero-order valence-electron chi connectivity index (χ0n) is 10.8. The highest BCUT2D eigenvalue weighted by molar-refractivity contribution is 5.92. The summed E-state index contributed by atoms with van der Waals surface area (Å²) in [5.74, 6) is -1.26. The Balaban J connectivity index is 2.75. The Kier molecular flexibility index (Phi) is 5.23. The van der Waals surface area contributed by atoms with Crippen molar-refractivity contribution in [1.29, 1.82) is 0 Å². The lowest BCUT2D eigenvalue weighted by Crippen LogP contribution is -2.38. The molecule has 0 aromatic carbocycles. The standard InChI is InChI=1S/C12H17N3O4/c1-7(2)3-8(4-11(17)18)14-12(19)9-5-13-6-10(16)15-9/h5-8H,3-4H2,1-2H3,(H,14,19)(H,15,16)(H,17,18)/t8-/m1/s1. The highest BCUT2D eigenvalue weighted by atomic mass is 16.4. The third-order valence-corrected chi connectivity index (χ3v) is 2.41. The van der Waals surface area contributed by atoms with E-state index in [0.29, 0.717) is 6.42 Å². The van der Waals surface area contributed by atoms with Crippen molar-refractivity contribution in [1.82, 2.24) is 15.3 Å². The maximum Gasteiger partial charge on any atom is 0.305 e. The van der Waals surface area contributed by atoms with E-state index < -0.39 is 23.5 Å². The van der Waals surface area contributed by atoms with Gasteiger partial charge in [-0.25, -0.2) is 0 Å². The molecule has 1 rings (SSSR count). The number of hydrogen-bond acceptors (Lipinski definition) is 4. The molecule has 1 atom stereocenters. The van der Waals surface area contributed by atoms with Gasteiger partial charge in [0.15, 0.2) is 0 Å². The van der Waals surface area contributed by atoms with Crippen molar-refractivity contribution in [3.05, 3.63) is 28.4 Å². The van der Waals surface area contributed by atoms with Gasteiger partial charge in [0.1, 0.15) is 5.69 Å². The highest BCUT2D eigenvalue weighted by Gasteiger charge is 2.18. The minimum atomic E-state index is -0.981. The van der Waals surface area contributed by atoms with Crippen LogP contribution in [0.2, 0.25) is 0 Å². The average Bonchev–Trinajstić information content (AvgIpc) is 2.26. The Labute approximate surface area is 110 Å². The van der Waals surface area contributed by atoms with Gasteiger partial charge in [0.05, 0.1) is 18.8 Å². The van der Waals surface area contributed by atoms with Crippen molar-refractivity contribution in [2.24, 2.45) is 5.92 Å². The van der Waals surface area contributed by atoms with E-state index in [0.717, 1.165) is 6.20 Å². The molecule has 7 heteroatoms. The van der Waals surface area contributed by atoms with Crippen molar-refractivity contribution in [2.75, 3.05) is 0 Å². The van der Waals surface area contributed by atoms with Gasteiger partial charge in [-0.3, -0.25) is 19.4 Å². The number of aromatic amines is 1. The van der Waals surface area contributed by atoms with Crippen LogP contribution in [-0.2, 0) is 4.79 Å². The highest BCUT2D eigenvalue weighted by Crippen LogP contribution is 2.08. The Bertz CT molecular complexity index is 510. The van der Waals surface area contributed by atoms with E-state index in [4.69, 9.17) is 5.11 Å². The predicted molar refractivity (Wildman–Crippen MR) is 67.8 cm³/mol. The summed E-state index contributed by atoms with van der Waals surface area (Å²) in [4.78, 5) is 39.6. The molecular formula is C12H17N3O4. The van der Waals surface area contributed by atoms with Gasteiger partial charge in [-0.15, -0.1) is 0 Å². The number of aromatic nitrogens is 2. The first kappa shape index (κ1) is 14.9. The Morgan fingerprint density at radius 3 is 2.63 bits per heavy atom. The van der Waals surface area contributed by atoms with Gasteiger partial charge in [0.2, 0.25) is 0 Å². The molecule has 1 heterocycles. The Morgan fingerprint density at radius 1 is 1.42 bits per heavy atom. The average molecular weight is 267 g/mol. The van der Waals surface area contributed by atoms with Crippen LogP contribution in [0.25, 0.3) is 0 Å². The second kappa shape index (κ2) is 6.67. The molecule has 0 bridgehead atoms. The second-order valence-electron chi connectivity index (χ2n) is 4.71. The largest absolute Gasteiger partial charge is 0.481 e. The number of nitrogens with one attached hydrogen (secondary N) is 2. The normalized spacial score (nSPS) is 12.2. The van der Waals surface area contributed by atoms with Crippen molar-refractivity contribution < 1.29 is 14.7 Å². The second-order valence-corrected chi connectivity index (χ2v) is 4.71. The smallest absolute Gasteiger partial charge is 0.305 e. The number of nitrogens with zero attached hydrogens (tertiary/aromatic N) is 1. The van der Waals surface area contributed by atoms with Crippen LogP contribution in [0.5, 0.6) is 0 Å². The first-order chi connectivity index (χ1) is 8.88. The van der Waals surface area contributed by atoms with E-state index in [-0.39, 0.29) is 18.0 Å². The van der Waals surface area contributed by atoms with E-state index in [9.17, 15) is 14.4 Å². The van der Waals surface area contributed by atoms with E-state index in [2.05, 4.69) is 15.3 Å². The summed E-state index contributed by atoms with van der Waals surface area (Å²) < 4.78 is 0. The lowest BCUT2D eigenvalue weighted by Gasteiger charge is -2.18. The summed E-state index contributed by atoms with van der Waals surface area (Å²) in [5.41, 5.74) is -0.460. The lowest BCUT2D eigenvalue weighted by molar-refractivity contribution is -0.137. The summed E-state index contributed by atoms with van der Waals surface area (Å²) in [7, 11) is 0. The summed E-state index contributed by atoms with van der Waals surface area (Å²) in [6, 6.07) is -0.478. The van der Waals surface area contributed by atoms with E-state index >= 15 is 0 Å². The summed E-state index contributed by atoms with van der Waals surface area (Å²) in [5, 5.41) is 11.4. The molecule has 0 aliphatic heterocycles. The summed E-state index contributed by atoms with van der Waals surface area (Å²) in [6.07, 6.45) is 2.67. The molecule has 0 aliphatic carbocycles. The number of rotatable bonds is 6. The minimum absolute atomic E-state index is 0.0200. The molecule has 0 saturated carbocycles. The molecule has 1 aromatic rings. The molecule has 0 fully saturated rings. The lowest BCUT2D eigenvalue weighted by atomic mass is 10.0. The van der Waals surface area contributed by atoms with E-state index in [1.165, 1.54) is 6.20 Å². The number of carbonyl (C=O) groups is 2. The number of aliphatic carboxylic acids is 1. The Hall–Kier alpha value is -2.18. The summed E-state index contributed by atoms with van der Waals surface area (Å²) in [6.45, 7) is 3.87. The molecule has 1 aromatic heterocycles. The molecular weight excluding hydrogens is 250 g/mol. The molecule has 19 heavy (non-hydrogen) atoms. The van der Waals surface area contributed by atoms with E-state index in [1.807, 2.05) is 13.8 Å². The SMILES string of the molecule is CC(C)C[C@H](CC(=O)O)NC(=O)c1cncc(=O)[nH]1. The van der Waals surface area contributed by atoms with Crippen molar-refractivity contribution >= 4 is 11.9 Å².